The summed E-state index contributed by atoms with van der Waals surface area (Å²) in [5.41, 5.74) is 0. The van der Waals surface area contributed by atoms with Gasteiger partial charge >= 0.3 is 0 Å². The Hall–Kier alpha value is -1.10. The van der Waals surface area contributed by atoms with Crippen molar-refractivity contribution in [3.63, 3.8) is 0 Å². The van der Waals surface area contributed by atoms with Crippen molar-refractivity contribution in [2.24, 2.45) is 0 Å². The van der Waals surface area contributed by atoms with Crippen molar-refractivity contribution in [3.05, 3.63) is 0 Å². The Bertz CT molecular complexity index is 239. The van der Waals surface area contributed by atoms with Crippen molar-refractivity contribution in [3.8, 4) is 0 Å². The lowest BCUT2D eigenvalue weighted by atomic mass is 10.2. The molecule has 0 spiro atoms. The van der Waals surface area contributed by atoms with E-state index in [-0.39, 0.29) is 24.4 Å². The second-order valence-corrected chi connectivity index (χ2v) is 4.11. The van der Waals surface area contributed by atoms with Crippen molar-refractivity contribution in [1.82, 2.24) is 14.7 Å². The highest BCUT2D eigenvalue weighted by Crippen LogP contribution is 1.99. The molecular formula is C10H21N3O2. The first-order valence-corrected chi connectivity index (χ1v) is 4.89. The number of hydrogen-bond acceptors (Lipinski definition) is 3. The Morgan fingerprint density at radius 3 is 1.80 bits per heavy atom. The SMILES string of the molecule is CC(C(=O)N(C)C)N(C)CC(=O)N(C)C. The monoisotopic (exact) mass is 215 g/mol. The van der Waals surface area contributed by atoms with E-state index in [0.717, 1.165) is 0 Å². The van der Waals surface area contributed by atoms with Crippen LogP contribution in [0.25, 0.3) is 0 Å². The highest BCUT2D eigenvalue weighted by atomic mass is 16.2. The Labute approximate surface area is 91.6 Å². The predicted octanol–water partition coefficient (Wildman–Crippen LogP) is -0.517. The fourth-order valence-electron chi connectivity index (χ4n) is 1.05. The first-order chi connectivity index (χ1) is 6.77. The van der Waals surface area contributed by atoms with E-state index in [0.29, 0.717) is 0 Å². The lowest BCUT2D eigenvalue weighted by Gasteiger charge is -2.26. The molecule has 0 saturated heterocycles. The van der Waals surface area contributed by atoms with Gasteiger partial charge in [0.25, 0.3) is 0 Å². The zero-order valence-corrected chi connectivity index (χ0v) is 10.4. The fraction of sp³-hybridized carbons (Fsp3) is 0.800. The van der Waals surface area contributed by atoms with E-state index in [2.05, 4.69) is 0 Å². The Morgan fingerprint density at radius 1 is 1.00 bits per heavy atom. The molecule has 0 bridgehead atoms. The summed E-state index contributed by atoms with van der Waals surface area (Å²) in [7, 11) is 8.59. The first-order valence-electron chi connectivity index (χ1n) is 4.89. The van der Waals surface area contributed by atoms with E-state index < -0.39 is 0 Å². The van der Waals surface area contributed by atoms with Gasteiger partial charge in [0.1, 0.15) is 0 Å². The minimum atomic E-state index is -0.274. The van der Waals surface area contributed by atoms with E-state index in [1.165, 1.54) is 9.80 Å². The van der Waals surface area contributed by atoms with Crippen molar-refractivity contribution in [2.75, 3.05) is 41.8 Å². The van der Waals surface area contributed by atoms with Crippen molar-refractivity contribution < 1.29 is 9.59 Å². The second-order valence-electron chi connectivity index (χ2n) is 4.11. The summed E-state index contributed by atoms with van der Waals surface area (Å²) in [5.74, 6) is -0.0000350. The zero-order chi connectivity index (χ0) is 12.2. The van der Waals surface area contributed by atoms with Crippen LogP contribution in [0.2, 0.25) is 0 Å². The van der Waals surface area contributed by atoms with Crippen molar-refractivity contribution in [2.45, 2.75) is 13.0 Å². The van der Waals surface area contributed by atoms with Gasteiger partial charge < -0.3 is 9.80 Å². The molecule has 2 amide bonds. The molecule has 0 rings (SSSR count). The molecular weight excluding hydrogens is 194 g/mol. The Kier molecular flexibility index (Phi) is 5.28. The lowest BCUT2D eigenvalue weighted by molar-refractivity contribution is -0.135. The molecule has 0 saturated carbocycles. The largest absolute Gasteiger partial charge is 0.348 e. The first kappa shape index (κ1) is 13.9. The van der Waals surface area contributed by atoms with Gasteiger partial charge in [0, 0.05) is 28.2 Å². The Balaban J connectivity index is 4.27. The predicted molar refractivity (Wildman–Crippen MR) is 59.5 cm³/mol. The molecule has 0 aliphatic carbocycles. The minimum Gasteiger partial charge on any atom is -0.348 e. The van der Waals surface area contributed by atoms with Gasteiger partial charge in [0.05, 0.1) is 12.6 Å². The van der Waals surface area contributed by atoms with Crippen LogP contribution in [0.4, 0.5) is 0 Å². The van der Waals surface area contributed by atoms with Crippen molar-refractivity contribution >= 4 is 11.8 Å². The van der Waals surface area contributed by atoms with Gasteiger partial charge in [0.15, 0.2) is 0 Å². The van der Waals surface area contributed by atoms with E-state index in [4.69, 9.17) is 0 Å². The van der Waals surface area contributed by atoms with Gasteiger partial charge in [-0.25, -0.2) is 0 Å². The van der Waals surface area contributed by atoms with Crippen LogP contribution in [0.15, 0.2) is 0 Å². The van der Waals surface area contributed by atoms with Gasteiger partial charge in [-0.2, -0.15) is 0 Å². The molecule has 0 aromatic carbocycles. The van der Waals surface area contributed by atoms with Crippen LogP contribution < -0.4 is 0 Å². The molecule has 0 aliphatic heterocycles. The maximum absolute atomic E-state index is 11.6. The summed E-state index contributed by atoms with van der Waals surface area (Å²) in [4.78, 5) is 27.8. The van der Waals surface area contributed by atoms with Crippen LogP contribution in [0.3, 0.4) is 0 Å². The third kappa shape index (κ3) is 4.29. The van der Waals surface area contributed by atoms with Gasteiger partial charge in [-0.3, -0.25) is 14.5 Å². The normalized spacial score (nSPS) is 12.5. The summed E-state index contributed by atoms with van der Waals surface area (Å²) in [6.45, 7) is 2.05. The highest BCUT2D eigenvalue weighted by Gasteiger charge is 2.21. The standard InChI is InChI=1S/C10H21N3O2/c1-8(10(15)12(4)5)13(6)7-9(14)11(2)3/h8H,7H2,1-6H3. The van der Waals surface area contributed by atoms with Crippen LogP contribution in [-0.4, -0.2) is 74.3 Å². The molecule has 0 fully saturated rings. The van der Waals surface area contributed by atoms with Gasteiger partial charge in [-0.05, 0) is 14.0 Å². The molecule has 0 radical (unpaired) electrons. The van der Waals surface area contributed by atoms with Crippen LogP contribution in [0.1, 0.15) is 6.92 Å². The van der Waals surface area contributed by atoms with Crippen molar-refractivity contribution in [1.29, 1.82) is 0 Å². The topological polar surface area (TPSA) is 43.9 Å². The number of likely N-dealkylation sites (N-methyl/N-ethyl adjacent to an activating group) is 3. The lowest BCUT2D eigenvalue weighted by Crippen LogP contribution is -2.46. The average molecular weight is 215 g/mol. The second kappa shape index (κ2) is 5.70. The zero-order valence-electron chi connectivity index (χ0n) is 10.4. The molecule has 0 N–H and O–H groups in total. The van der Waals surface area contributed by atoms with E-state index in [1.54, 1.807) is 47.1 Å². The fourth-order valence-corrected chi connectivity index (χ4v) is 1.05. The molecule has 15 heavy (non-hydrogen) atoms. The number of carbonyl (C=O) groups is 2. The highest BCUT2D eigenvalue weighted by molar-refractivity contribution is 5.82. The van der Waals surface area contributed by atoms with E-state index in [1.807, 2.05) is 0 Å². The molecule has 1 unspecified atom stereocenters. The third-order valence-corrected chi connectivity index (χ3v) is 2.34. The number of rotatable bonds is 4. The van der Waals surface area contributed by atoms with Gasteiger partial charge in [-0.15, -0.1) is 0 Å². The summed E-state index contributed by atoms with van der Waals surface area (Å²) in [6, 6.07) is -0.274. The maximum atomic E-state index is 11.6. The maximum Gasteiger partial charge on any atom is 0.239 e. The minimum absolute atomic E-state index is 0.00376. The molecule has 5 nitrogen and oxygen atoms in total. The summed E-state index contributed by atoms with van der Waals surface area (Å²) >= 11 is 0. The molecule has 0 aliphatic rings. The number of hydrogen-bond donors (Lipinski definition) is 0. The Morgan fingerprint density at radius 2 is 1.47 bits per heavy atom. The average Bonchev–Trinajstić information content (AvgIpc) is 2.14. The molecule has 0 heterocycles. The van der Waals surface area contributed by atoms with Gasteiger partial charge in [0.2, 0.25) is 11.8 Å². The summed E-state index contributed by atoms with van der Waals surface area (Å²) in [5, 5.41) is 0. The molecule has 0 aromatic rings. The molecule has 5 heteroatoms. The summed E-state index contributed by atoms with van der Waals surface area (Å²) in [6.07, 6.45) is 0. The molecule has 0 aromatic heterocycles. The number of carbonyl (C=O) groups excluding carboxylic acids is 2. The summed E-state index contributed by atoms with van der Waals surface area (Å²) < 4.78 is 0. The van der Waals surface area contributed by atoms with Crippen LogP contribution in [0.5, 0.6) is 0 Å². The molecule has 1 atom stereocenters. The van der Waals surface area contributed by atoms with Crippen LogP contribution >= 0.6 is 0 Å². The third-order valence-electron chi connectivity index (χ3n) is 2.34. The van der Waals surface area contributed by atoms with E-state index >= 15 is 0 Å². The van der Waals surface area contributed by atoms with Crippen LogP contribution in [0, 0.1) is 0 Å². The van der Waals surface area contributed by atoms with E-state index in [9.17, 15) is 9.59 Å². The number of nitrogens with zero attached hydrogens (tertiary/aromatic N) is 3. The smallest absolute Gasteiger partial charge is 0.239 e. The molecule has 88 valence electrons. The quantitative estimate of drug-likeness (QED) is 0.634. The van der Waals surface area contributed by atoms with Gasteiger partial charge in [-0.1, -0.05) is 0 Å². The van der Waals surface area contributed by atoms with Crippen LogP contribution in [-0.2, 0) is 9.59 Å². The number of amides is 2.